The highest BCUT2D eigenvalue weighted by atomic mass is 19.4. The topological polar surface area (TPSA) is 44.4 Å². The van der Waals surface area contributed by atoms with E-state index in [0.717, 1.165) is 49.4 Å². The maximum absolute atomic E-state index is 13.0. The third kappa shape index (κ3) is 7.33. The van der Waals surface area contributed by atoms with Gasteiger partial charge in [0.2, 0.25) is 5.91 Å². The van der Waals surface area contributed by atoms with E-state index in [9.17, 15) is 26.7 Å². The molecule has 186 valence electrons. The molecule has 1 aliphatic rings. The lowest BCUT2D eigenvalue weighted by Crippen LogP contribution is -2.22. The minimum atomic E-state index is -4.37. The van der Waals surface area contributed by atoms with Crippen LogP contribution in [-0.4, -0.2) is 31.8 Å². The Morgan fingerprint density at radius 2 is 1.68 bits per heavy atom. The van der Waals surface area contributed by atoms with Gasteiger partial charge in [0, 0.05) is 26.1 Å². The molecule has 1 saturated heterocycles. The van der Waals surface area contributed by atoms with E-state index >= 15 is 0 Å². The van der Waals surface area contributed by atoms with Crippen LogP contribution in [0.2, 0.25) is 0 Å². The van der Waals surface area contributed by atoms with Gasteiger partial charge in [-0.25, -0.2) is 8.78 Å². The fourth-order valence-electron chi connectivity index (χ4n) is 4.02. The molecule has 0 radical (unpaired) electrons. The molecule has 1 fully saturated rings. The maximum Gasteiger partial charge on any atom is 0.416 e. The highest BCUT2D eigenvalue weighted by molar-refractivity contribution is 5.97. The molecule has 9 heteroatoms. The number of unbranched alkanes of at least 4 members (excludes halogenated alkanes) is 1. The molecule has 0 spiro atoms. The number of alkyl halides is 5. The molecule has 2 aromatic rings. The van der Waals surface area contributed by atoms with Crippen molar-refractivity contribution >= 4 is 23.0 Å². The normalized spacial score (nSPS) is 14.8. The first kappa shape index (κ1) is 25.8. The molecular weight excluding hydrogens is 453 g/mol. The third-order valence-electron chi connectivity index (χ3n) is 5.84. The number of carbonyl (C=O) groups is 1. The van der Waals surface area contributed by atoms with Crippen LogP contribution in [0.3, 0.4) is 0 Å². The van der Waals surface area contributed by atoms with E-state index < -0.39 is 24.6 Å². The molecule has 0 bridgehead atoms. The monoisotopic (exact) mass is 483 g/mol. The van der Waals surface area contributed by atoms with Crippen molar-refractivity contribution in [2.75, 3.05) is 35.3 Å². The number of nitrogens with zero attached hydrogens (tertiary/aromatic N) is 1. The van der Waals surface area contributed by atoms with E-state index in [0.29, 0.717) is 30.6 Å². The number of anilines is 3. The van der Waals surface area contributed by atoms with Crippen molar-refractivity contribution in [2.24, 2.45) is 0 Å². The largest absolute Gasteiger partial charge is 0.416 e. The molecule has 4 nitrogen and oxygen atoms in total. The summed E-state index contributed by atoms with van der Waals surface area (Å²) in [5, 5.41) is 6.24. The van der Waals surface area contributed by atoms with Crippen molar-refractivity contribution in [1.29, 1.82) is 0 Å². The number of carbonyl (C=O) groups excluding carboxylic acids is 1. The smallest absolute Gasteiger partial charge is 0.379 e. The Hall–Kier alpha value is -2.84. The molecule has 1 aliphatic heterocycles. The fraction of sp³-hybridized carbons (Fsp3) is 0.480. The summed E-state index contributed by atoms with van der Waals surface area (Å²) >= 11 is 0. The Bertz CT molecular complexity index is 927. The van der Waals surface area contributed by atoms with Gasteiger partial charge in [0.05, 0.1) is 22.6 Å². The molecule has 0 aromatic heterocycles. The van der Waals surface area contributed by atoms with Crippen molar-refractivity contribution in [3.05, 3.63) is 53.6 Å². The molecule has 2 N–H and O–H groups in total. The third-order valence-corrected chi connectivity index (χ3v) is 5.84. The van der Waals surface area contributed by atoms with Crippen LogP contribution in [0.4, 0.5) is 39.0 Å². The van der Waals surface area contributed by atoms with Gasteiger partial charge in [-0.3, -0.25) is 4.79 Å². The highest BCUT2D eigenvalue weighted by Gasteiger charge is 2.30. The molecule has 0 saturated carbocycles. The minimum Gasteiger partial charge on any atom is -0.379 e. The zero-order chi connectivity index (χ0) is 24.6. The number of benzene rings is 2. The van der Waals surface area contributed by atoms with Crippen LogP contribution in [-0.2, 0) is 17.5 Å². The molecule has 2 aromatic carbocycles. The quantitative estimate of drug-likeness (QED) is 0.275. The van der Waals surface area contributed by atoms with Crippen LogP contribution in [0, 0.1) is 0 Å². The molecule has 3 rings (SSSR count). The number of hydrogen-bond donors (Lipinski definition) is 2. The molecule has 34 heavy (non-hydrogen) atoms. The van der Waals surface area contributed by atoms with Gasteiger partial charge in [-0.1, -0.05) is 18.2 Å². The summed E-state index contributed by atoms with van der Waals surface area (Å²) in [4.78, 5) is 14.7. The predicted octanol–water partition coefficient (Wildman–Crippen LogP) is 6.72. The Morgan fingerprint density at radius 1 is 1.00 bits per heavy atom. The predicted molar refractivity (Wildman–Crippen MR) is 125 cm³/mol. The van der Waals surface area contributed by atoms with Crippen LogP contribution >= 0.6 is 0 Å². The summed E-state index contributed by atoms with van der Waals surface area (Å²) in [5.41, 5.74) is 2.29. The maximum atomic E-state index is 13.0. The van der Waals surface area contributed by atoms with Crippen molar-refractivity contribution in [1.82, 2.24) is 0 Å². The molecular formula is C25H30F5N3O. The van der Waals surface area contributed by atoms with Crippen LogP contribution < -0.4 is 15.5 Å². The number of para-hydroxylation sites is 1. The Balaban J connectivity index is 1.67. The van der Waals surface area contributed by atoms with Crippen molar-refractivity contribution in [2.45, 2.75) is 57.4 Å². The van der Waals surface area contributed by atoms with Crippen molar-refractivity contribution < 1.29 is 26.7 Å². The summed E-state index contributed by atoms with van der Waals surface area (Å²) in [6.45, 7) is 0.999. The van der Waals surface area contributed by atoms with Crippen molar-refractivity contribution in [3.63, 3.8) is 0 Å². The average Bonchev–Trinajstić information content (AvgIpc) is 3.34. The van der Waals surface area contributed by atoms with Crippen molar-refractivity contribution in [3.8, 4) is 0 Å². The zero-order valence-corrected chi connectivity index (χ0v) is 18.9. The standard InChI is InChI=1S/C25H30F5N3O/c26-16-20(27)6-1-2-9-23(34)32-22-8-5-7-21(24(22)33-14-3-4-15-33)31-17-18-10-12-19(13-11-18)25(28,29)30/h5,7-8,10-13,20,31H,1-4,6,9,14-17H2,(H,32,34)/t20-/m0/s1. The minimum absolute atomic E-state index is 0.103. The fourth-order valence-corrected chi connectivity index (χ4v) is 4.02. The second-order valence-electron chi connectivity index (χ2n) is 8.49. The van der Waals surface area contributed by atoms with Gasteiger partial charge in [0.15, 0.2) is 0 Å². The lowest BCUT2D eigenvalue weighted by atomic mass is 10.1. The number of nitrogens with one attached hydrogen (secondary N) is 2. The number of hydrogen-bond acceptors (Lipinski definition) is 3. The van der Waals surface area contributed by atoms with Crippen LogP contribution in [0.25, 0.3) is 0 Å². The summed E-state index contributed by atoms with van der Waals surface area (Å²) in [5.74, 6) is -0.198. The first-order chi connectivity index (χ1) is 16.3. The Morgan fingerprint density at radius 3 is 2.32 bits per heavy atom. The van der Waals surface area contributed by atoms with Gasteiger partial charge in [-0.15, -0.1) is 0 Å². The first-order valence-corrected chi connectivity index (χ1v) is 11.6. The molecule has 1 heterocycles. The number of halogens is 5. The lowest BCUT2D eigenvalue weighted by Gasteiger charge is -2.25. The highest BCUT2D eigenvalue weighted by Crippen LogP contribution is 2.37. The molecule has 1 amide bonds. The van der Waals surface area contributed by atoms with Crippen LogP contribution in [0.15, 0.2) is 42.5 Å². The van der Waals surface area contributed by atoms with Gasteiger partial charge in [0.1, 0.15) is 12.8 Å². The second kappa shape index (κ2) is 12.0. The van der Waals surface area contributed by atoms with Gasteiger partial charge >= 0.3 is 6.18 Å². The van der Waals surface area contributed by atoms with E-state index in [1.54, 1.807) is 6.07 Å². The lowest BCUT2D eigenvalue weighted by molar-refractivity contribution is -0.137. The van der Waals surface area contributed by atoms with Crippen LogP contribution in [0.5, 0.6) is 0 Å². The molecule has 0 unspecified atom stereocenters. The van der Waals surface area contributed by atoms with Crippen LogP contribution in [0.1, 0.15) is 49.7 Å². The van der Waals surface area contributed by atoms with E-state index in [1.165, 1.54) is 12.1 Å². The molecule has 0 aliphatic carbocycles. The summed E-state index contributed by atoms with van der Waals surface area (Å²) in [7, 11) is 0. The first-order valence-electron chi connectivity index (χ1n) is 11.6. The van der Waals surface area contributed by atoms with E-state index in [2.05, 4.69) is 15.5 Å². The summed E-state index contributed by atoms with van der Waals surface area (Å²) in [6, 6.07) is 10.5. The van der Waals surface area contributed by atoms with E-state index in [1.807, 2.05) is 12.1 Å². The number of rotatable bonds is 11. The average molecular weight is 484 g/mol. The molecule has 1 atom stereocenters. The van der Waals surface area contributed by atoms with E-state index in [-0.39, 0.29) is 18.7 Å². The van der Waals surface area contributed by atoms with Gasteiger partial charge in [0.25, 0.3) is 0 Å². The van der Waals surface area contributed by atoms with Gasteiger partial charge in [-0.05, 0) is 61.9 Å². The van der Waals surface area contributed by atoms with Gasteiger partial charge in [-0.2, -0.15) is 13.2 Å². The Kier molecular flexibility index (Phi) is 9.12. The number of amides is 1. The Labute approximate surface area is 196 Å². The SMILES string of the molecule is O=C(CCCC[C@H](F)CF)Nc1cccc(NCc2ccc(C(F)(F)F)cc2)c1N1CCCC1. The zero-order valence-electron chi connectivity index (χ0n) is 18.9. The second-order valence-corrected chi connectivity index (χ2v) is 8.49. The van der Waals surface area contributed by atoms with E-state index in [4.69, 9.17) is 0 Å². The summed E-state index contributed by atoms with van der Waals surface area (Å²) < 4.78 is 63.6. The van der Waals surface area contributed by atoms with Gasteiger partial charge < -0.3 is 15.5 Å². The summed E-state index contributed by atoms with van der Waals surface area (Å²) in [6.07, 6.45) is -2.57.